The van der Waals surface area contributed by atoms with Crippen molar-refractivity contribution < 1.29 is 0 Å². The van der Waals surface area contributed by atoms with E-state index in [0.29, 0.717) is 0 Å². The van der Waals surface area contributed by atoms with Gasteiger partial charge in [-0.2, -0.15) is 0 Å². The fourth-order valence-corrected chi connectivity index (χ4v) is 4.20. The minimum atomic E-state index is -1.82. The molecule has 0 saturated carbocycles. The summed E-state index contributed by atoms with van der Waals surface area (Å²) in [5.74, 6) is 0. The number of halogens is 2. The van der Waals surface area contributed by atoms with Crippen molar-refractivity contribution in [2.45, 2.75) is 96.1 Å². The zero-order chi connectivity index (χ0) is 15.1. The quantitative estimate of drug-likeness (QED) is 0.204. The summed E-state index contributed by atoms with van der Waals surface area (Å²) in [5.41, 5.74) is 5.48. The lowest BCUT2D eigenvalue weighted by atomic mass is 10.0. The Morgan fingerprint density at radius 1 is 0.600 bits per heavy atom. The van der Waals surface area contributed by atoms with Crippen molar-refractivity contribution in [3.05, 3.63) is 0 Å². The van der Waals surface area contributed by atoms with Gasteiger partial charge in [0.15, 0.2) is 0 Å². The highest BCUT2D eigenvalue weighted by molar-refractivity contribution is 7.44. The van der Waals surface area contributed by atoms with E-state index in [-0.39, 0.29) is 0 Å². The van der Waals surface area contributed by atoms with E-state index < -0.39 is 6.69 Å². The van der Waals surface area contributed by atoms with E-state index in [1.165, 1.54) is 83.5 Å². The predicted octanol–water partition coefficient (Wildman–Crippen LogP) is 6.57. The van der Waals surface area contributed by atoms with Gasteiger partial charge in [-0.3, -0.25) is 0 Å². The lowest BCUT2D eigenvalue weighted by Crippen LogP contribution is -2.11. The average Bonchev–Trinajstić information content (AvgIpc) is 2.38. The second-order valence-corrected chi connectivity index (χ2v) is 14.4. The Hall–Kier alpha value is 0.757. The van der Waals surface area contributed by atoms with Crippen molar-refractivity contribution in [3.8, 4) is 0 Å². The van der Waals surface area contributed by atoms with Crippen LogP contribution in [-0.2, 0) is 0 Å². The topological polar surface area (TPSA) is 26.0 Å². The van der Waals surface area contributed by atoms with Crippen LogP contribution >= 0.6 is 22.2 Å². The Labute approximate surface area is 137 Å². The van der Waals surface area contributed by atoms with E-state index in [1.54, 1.807) is 0 Å². The molecule has 0 fully saturated rings. The van der Waals surface area contributed by atoms with Gasteiger partial charge in [-0.15, -0.1) is 22.2 Å². The van der Waals surface area contributed by atoms with Gasteiger partial charge >= 0.3 is 0 Å². The first kappa shape index (κ1) is 20.8. The molecule has 0 unspecified atom stereocenters. The Balaban J connectivity index is 2.99. The first-order valence-electron chi connectivity index (χ1n) is 8.64. The fourth-order valence-electron chi connectivity index (χ4n) is 2.52. The fraction of sp³-hybridized carbons (Fsp3) is 1.00. The Morgan fingerprint density at radius 2 is 0.900 bits per heavy atom. The number of rotatable bonds is 15. The van der Waals surface area contributed by atoms with Gasteiger partial charge in [-0.05, 0) is 25.6 Å². The standard InChI is InChI=1S/C16H35Cl2NSi/c1-20(17,18)16-14-12-10-8-6-4-2-3-5-7-9-11-13-15-19/h2-16,19H2,1H3. The van der Waals surface area contributed by atoms with E-state index in [4.69, 9.17) is 27.9 Å². The molecule has 0 amide bonds. The summed E-state index contributed by atoms with van der Waals surface area (Å²) in [4.78, 5) is 0. The SMILES string of the molecule is C[Si](Cl)(Cl)CCCCCCCCCCCCCCCN. The molecule has 0 aliphatic carbocycles. The molecule has 1 nitrogen and oxygen atoms in total. The molecule has 122 valence electrons. The predicted molar refractivity (Wildman–Crippen MR) is 97.2 cm³/mol. The third-order valence-electron chi connectivity index (χ3n) is 3.82. The zero-order valence-corrected chi connectivity index (χ0v) is 16.0. The third kappa shape index (κ3) is 18.8. The maximum atomic E-state index is 6.08. The minimum absolute atomic E-state index is 0.858. The summed E-state index contributed by atoms with van der Waals surface area (Å²) < 4.78 is 0. The number of nitrogens with two attached hydrogens (primary N) is 1. The van der Waals surface area contributed by atoms with E-state index >= 15 is 0 Å². The van der Waals surface area contributed by atoms with E-state index in [9.17, 15) is 0 Å². The first-order chi connectivity index (χ1) is 9.56. The second kappa shape index (κ2) is 14.7. The monoisotopic (exact) mass is 339 g/mol. The van der Waals surface area contributed by atoms with Gasteiger partial charge in [-0.25, -0.2) is 0 Å². The van der Waals surface area contributed by atoms with Crippen LogP contribution in [0.5, 0.6) is 0 Å². The smallest absolute Gasteiger partial charge is 0.248 e. The lowest BCUT2D eigenvalue weighted by Gasteiger charge is -2.09. The van der Waals surface area contributed by atoms with Crippen molar-refractivity contribution in [1.29, 1.82) is 0 Å². The van der Waals surface area contributed by atoms with Crippen molar-refractivity contribution in [2.75, 3.05) is 6.54 Å². The minimum Gasteiger partial charge on any atom is -0.330 e. The van der Waals surface area contributed by atoms with Gasteiger partial charge in [0.1, 0.15) is 0 Å². The summed E-state index contributed by atoms with van der Waals surface area (Å²) in [7, 11) is 0. The molecule has 0 bridgehead atoms. The van der Waals surface area contributed by atoms with Crippen molar-refractivity contribution in [3.63, 3.8) is 0 Å². The molecule has 0 radical (unpaired) electrons. The molecule has 0 aromatic rings. The van der Waals surface area contributed by atoms with Crippen LogP contribution in [0.15, 0.2) is 0 Å². The molecule has 0 atom stereocenters. The van der Waals surface area contributed by atoms with Gasteiger partial charge < -0.3 is 5.73 Å². The van der Waals surface area contributed by atoms with Gasteiger partial charge in [-0.1, -0.05) is 77.0 Å². The van der Waals surface area contributed by atoms with E-state index in [0.717, 1.165) is 12.6 Å². The van der Waals surface area contributed by atoms with Crippen LogP contribution in [0.4, 0.5) is 0 Å². The van der Waals surface area contributed by atoms with Crippen molar-refractivity contribution >= 4 is 28.9 Å². The third-order valence-corrected chi connectivity index (χ3v) is 6.19. The maximum absolute atomic E-state index is 6.08. The molecule has 20 heavy (non-hydrogen) atoms. The molecule has 0 rings (SSSR count). The Kier molecular flexibility index (Phi) is 15.2. The van der Waals surface area contributed by atoms with Crippen molar-refractivity contribution in [1.82, 2.24) is 0 Å². The summed E-state index contributed by atoms with van der Waals surface area (Å²) in [6.07, 6.45) is 17.7. The molecule has 0 spiro atoms. The number of unbranched alkanes of at least 4 members (excludes halogenated alkanes) is 12. The van der Waals surface area contributed by atoms with Crippen LogP contribution in [0.3, 0.4) is 0 Å². The summed E-state index contributed by atoms with van der Waals surface area (Å²) >= 11 is 12.2. The van der Waals surface area contributed by atoms with Gasteiger partial charge in [0.05, 0.1) is 0 Å². The second-order valence-electron chi connectivity index (χ2n) is 6.21. The summed E-state index contributed by atoms with van der Waals surface area (Å²) in [6, 6.07) is 1.06. The van der Waals surface area contributed by atoms with Crippen LogP contribution < -0.4 is 5.73 Å². The van der Waals surface area contributed by atoms with Crippen LogP contribution in [0.2, 0.25) is 12.6 Å². The molecule has 4 heteroatoms. The average molecular weight is 340 g/mol. The molecule has 0 aliphatic rings. The first-order valence-corrected chi connectivity index (χ1v) is 13.4. The highest BCUT2D eigenvalue weighted by Crippen LogP contribution is 2.23. The molecule has 2 N–H and O–H groups in total. The summed E-state index contributed by atoms with van der Waals surface area (Å²) in [5, 5.41) is 0. The molecule has 0 aromatic heterocycles. The largest absolute Gasteiger partial charge is 0.330 e. The Morgan fingerprint density at radius 3 is 1.20 bits per heavy atom. The van der Waals surface area contributed by atoms with Gasteiger partial charge in [0.25, 0.3) is 0 Å². The van der Waals surface area contributed by atoms with E-state index in [2.05, 4.69) is 0 Å². The molecule has 0 heterocycles. The van der Waals surface area contributed by atoms with Gasteiger partial charge in [0, 0.05) is 0 Å². The van der Waals surface area contributed by atoms with Crippen LogP contribution in [-0.4, -0.2) is 13.2 Å². The summed E-state index contributed by atoms with van der Waals surface area (Å²) in [6.45, 7) is 1.06. The zero-order valence-electron chi connectivity index (χ0n) is 13.4. The Bertz CT molecular complexity index is 195. The van der Waals surface area contributed by atoms with Gasteiger partial charge in [0.2, 0.25) is 6.69 Å². The van der Waals surface area contributed by atoms with Crippen LogP contribution in [0.1, 0.15) is 83.5 Å². The molecule has 0 aliphatic heterocycles. The number of hydrogen-bond acceptors (Lipinski definition) is 1. The van der Waals surface area contributed by atoms with Crippen LogP contribution in [0, 0.1) is 0 Å². The van der Waals surface area contributed by atoms with E-state index in [1.807, 2.05) is 6.55 Å². The van der Waals surface area contributed by atoms with Crippen LogP contribution in [0.25, 0.3) is 0 Å². The molecule has 0 aromatic carbocycles. The molecular weight excluding hydrogens is 305 g/mol. The van der Waals surface area contributed by atoms with Crippen molar-refractivity contribution in [2.24, 2.45) is 5.73 Å². The highest BCUT2D eigenvalue weighted by Gasteiger charge is 2.19. The molecule has 0 saturated heterocycles. The normalized spacial score (nSPS) is 12.0. The lowest BCUT2D eigenvalue weighted by molar-refractivity contribution is 0.540. The maximum Gasteiger partial charge on any atom is 0.248 e. The highest BCUT2D eigenvalue weighted by atomic mass is 35.7. The number of hydrogen-bond donors (Lipinski definition) is 1. The molecular formula is C16H35Cl2NSi.